The second-order valence-corrected chi connectivity index (χ2v) is 9.02. The van der Waals surface area contributed by atoms with Crippen molar-refractivity contribution in [3.8, 4) is 0 Å². The van der Waals surface area contributed by atoms with Gasteiger partial charge in [0.05, 0.1) is 10.7 Å². The van der Waals surface area contributed by atoms with Crippen LogP contribution < -0.4 is 15.5 Å². The standard InChI is InChI=1S/C25H24Cl2N4OS/c26-21-9-5-4-8-19(21)17-30-12-14-31(15-13-30)23-11-10-20(16-22(23)27)28-25(33)29-24(32)18-6-2-1-3-7-18/h1-11,16H,12-15,17H2,(H2,28,29,32,33). The number of hydrogen-bond donors (Lipinski definition) is 2. The van der Waals surface area contributed by atoms with E-state index in [1.807, 2.05) is 42.5 Å². The van der Waals surface area contributed by atoms with E-state index >= 15 is 0 Å². The van der Waals surface area contributed by atoms with Gasteiger partial charge in [-0.2, -0.15) is 0 Å². The highest BCUT2D eigenvalue weighted by molar-refractivity contribution is 7.80. The zero-order chi connectivity index (χ0) is 23.2. The van der Waals surface area contributed by atoms with Crippen LogP contribution in [0.25, 0.3) is 0 Å². The average molecular weight is 499 g/mol. The summed E-state index contributed by atoms with van der Waals surface area (Å²) in [6, 6.07) is 22.6. The number of amides is 1. The van der Waals surface area contributed by atoms with Crippen molar-refractivity contribution in [2.24, 2.45) is 0 Å². The summed E-state index contributed by atoms with van der Waals surface area (Å²) in [6.07, 6.45) is 0. The minimum Gasteiger partial charge on any atom is -0.368 e. The monoisotopic (exact) mass is 498 g/mol. The number of thiocarbonyl (C=S) groups is 1. The van der Waals surface area contributed by atoms with Crippen LogP contribution in [-0.4, -0.2) is 42.1 Å². The maximum absolute atomic E-state index is 12.3. The van der Waals surface area contributed by atoms with Crippen molar-refractivity contribution in [2.75, 3.05) is 36.4 Å². The van der Waals surface area contributed by atoms with E-state index in [4.69, 9.17) is 35.4 Å². The molecule has 1 amide bonds. The van der Waals surface area contributed by atoms with Gasteiger partial charge in [-0.25, -0.2) is 0 Å². The van der Waals surface area contributed by atoms with Crippen LogP contribution in [0.1, 0.15) is 15.9 Å². The van der Waals surface area contributed by atoms with Gasteiger partial charge in [0.2, 0.25) is 0 Å². The van der Waals surface area contributed by atoms with Crippen LogP contribution in [0.3, 0.4) is 0 Å². The first-order valence-electron chi connectivity index (χ1n) is 10.7. The summed E-state index contributed by atoms with van der Waals surface area (Å²) >= 11 is 18.2. The van der Waals surface area contributed by atoms with Crippen LogP contribution in [-0.2, 0) is 6.54 Å². The Bertz CT molecular complexity index is 1130. The van der Waals surface area contributed by atoms with E-state index in [1.54, 1.807) is 24.3 Å². The lowest BCUT2D eigenvalue weighted by atomic mass is 10.2. The van der Waals surface area contributed by atoms with Gasteiger partial charge in [-0.05, 0) is 54.2 Å². The fourth-order valence-corrected chi connectivity index (χ4v) is 4.49. The first-order chi connectivity index (χ1) is 16.0. The van der Waals surface area contributed by atoms with E-state index in [1.165, 1.54) is 0 Å². The van der Waals surface area contributed by atoms with Gasteiger partial charge in [-0.3, -0.25) is 15.0 Å². The van der Waals surface area contributed by atoms with Gasteiger partial charge in [-0.1, -0.05) is 59.6 Å². The highest BCUT2D eigenvalue weighted by atomic mass is 35.5. The molecule has 3 aromatic carbocycles. The number of carbonyl (C=O) groups is 1. The topological polar surface area (TPSA) is 47.6 Å². The maximum Gasteiger partial charge on any atom is 0.257 e. The number of nitrogens with zero attached hydrogens (tertiary/aromatic N) is 2. The smallest absolute Gasteiger partial charge is 0.257 e. The summed E-state index contributed by atoms with van der Waals surface area (Å²) in [5.74, 6) is -0.259. The highest BCUT2D eigenvalue weighted by Crippen LogP contribution is 2.30. The Morgan fingerprint density at radius 2 is 1.58 bits per heavy atom. The van der Waals surface area contributed by atoms with Gasteiger partial charge < -0.3 is 10.2 Å². The Balaban J connectivity index is 1.31. The lowest BCUT2D eigenvalue weighted by Crippen LogP contribution is -2.46. The number of halogens is 2. The molecule has 8 heteroatoms. The zero-order valence-electron chi connectivity index (χ0n) is 17.9. The molecule has 1 saturated heterocycles. The van der Waals surface area contributed by atoms with Crippen LogP contribution in [0, 0.1) is 0 Å². The molecule has 170 valence electrons. The molecule has 0 aromatic heterocycles. The van der Waals surface area contributed by atoms with Gasteiger partial charge >= 0.3 is 0 Å². The first-order valence-corrected chi connectivity index (χ1v) is 11.8. The van der Waals surface area contributed by atoms with Gasteiger partial charge in [0, 0.05) is 49.0 Å². The maximum atomic E-state index is 12.3. The fourth-order valence-electron chi connectivity index (χ4n) is 3.78. The minimum absolute atomic E-state index is 0.223. The Kier molecular flexibility index (Phi) is 7.83. The zero-order valence-corrected chi connectivity index (χ0v) is 20.3. The molecule has 0 bridgehead atoms. The lowest BCUT2D eigenvalue weighted by molar-refractivity contribution is 0.0977. The molecule has 2 N–H and O–H groups in total. The van der Waals surface area contributed by atoms with Gasteiger partial charge in [0.15, 0.2) is 5.11 Å². The number of carbonyl (C=O) groups excluding carboxylic acids is 1. The summed E-state index contributed by atoms with van der Waals surface area (Å²) < 4.78 is 0. The molecule has 4 rings (SSSR count). The highest BCUT2D eigenvalue weighted by Gasteiger charge is 2.20. The van der Waals surface area contributed by atoms with Gasteiger partial charge in [0.1, 0.15) is 0 Å². The minimum atomic E-state index is -0.259. The molecule has 0 unspecified atom stereocenters. The van der Waals surface area contributed by atoms with E-state index in [2.05, 4.69) is 26.5 Å². The molecule has 0 aliphatic carbocycles. The third-order valence-electron chi connectivity index (χ3n) is 5.53. The molecular formula is C25H24Cl2N4OS. The van der Waals surface area contributed by atoms with Crippen molar-refractivity contribution in [1.29, 1.82) is 0 Å². The Morgan fingerprint density at radius 1 is 0.879 bits per heavy atom. The predicted molar refractivity (Wildman–Crippen MR) is 141 cm³/mol. The summed E-state index contributed by atoms with van der Waals surface area (Å²) in [6.45, 7) is 4.45. The fraction of sp³-hybridized carbons (Fsp3) is 0.200. The molecule has 0 atom stereocenters. The molecule has 3 aromatic rings. The summed E-state index contributed by atoms with van der Waals surface area (Å²) in [4.78, 5) is 16.9. The largest absolute Gasteiger partial charge is 0.368 e. The Morgan fingerprint density at radius 3 is 2.27 bits per heavy atom. The van der Waals surface area contributed by atoms with E-state index < -0.39 is 0 Å². The molecule has 1 heterocycles. The van der Waals surface area contributed by atoms with Crippen molar-refractivity contribution >= 4 is 57.8 Å². The first kappa shape index (κ1) is 23.5. The van der Waals surface area contributed by atoms with Crippen molar-refractivity contribution in [2.45, 2.75) is 6.54 Å². The number of piperazine rings is 1. The van der Waals surface area contributed by atoms with Crippen LogP contribution in [0.5, 0.6) is 0 Å². The summed E-state index contributed by atoms with van der Waals surface area (Å²) in [7, 11) is 0. The number of benzene rings is 3. The second-order valence-electron chi connectivity index (χ2n) is 7.80. The number of nitrogens with one attached hydrogen (secondary N) is 2. The molecule has 5 nitrogen and oxygen atoms in total. The second kappa shape index (κ2) is 11.0. The molecule has 0 radical (unpaired) electrons. The molecular weight excluding hydrogens is 475 g/mol. The normalized spacial score (nSPS) is 14.1. The van der Waals surface area contributed by atoms with E-state index in [-0.39, 0.29) is 11.0 Å². The van der Waals surface area contributed by atoms with Crippen LogP contribution in [0.4, 0.5) is 11.4 Å². The molecule has 1 aliphatic rings. The van der Waals surface area contributed by atoms with Crippen molar-refractivity contribution in [1.82, 2.24) is 10.2 Å². The number of rotatable bonds is 5. The van der Waals surface area contributed by atoms with Crippen LogP contribution >= 0.6 is 35.4 Å². The van der Waals surface area contributed by atoms with E-state index in [9.17, 15) is 4.79 Å². The summed E-state index contributed by atoms with van der Waals surface area (Å²) in [5, 5.41) is 7.38. The quantitative estimate of drug-likeness (QED) is 0.458. The van der Waals surface area contributed by atoms with Gasteiger partial charge in [-0.15, -0.1) is 0 Å². The molecule has 1 aliphatic heterocycles. The number of hydrogen-bond acceptors (Lipinski definition) is 4. The third kappa shape index (κ3) is 6.24. The Labute approximate surface area is 209 Å². The average Bonchev–Trinajstić information content (AvgIpc) is 2.82. The lowest BCUT2D eigenvalue weighted by Gasteiger charge is -2.36. The van der Waals surface area contributed by atoms with Crippen LogP contribution in [0.2, 0.25) is 10.0 Å². The Hall–Kier alpha value is -2.64. The molecule has 0 saturated carbocycles. The number of anilines is 2. The SMILES string of the molecule is O=C(NC(=S)Nc1ccc(N2CCN(Cc3ccccc3Cl)CC2)c(Cl)c1)c1ccccc1. The summed E-state index contributed by atoms with van der Waals surface area (Å²) in [5.41, 5.74) is 3.40. The molecule has 33 heavy (non-hydrogen) atoms. The van der Waals surface area contributed by atoms with E-state index in [0.29, 0.717) is 10.6 Å². The van der Waals surface area contributed by atoms with E-state index in [0.717, 1.165) is 54.7 Å². The van der Waals surface area contributed by atoms with Crippen molar-refractivity contribution < 1.29 is 4.79 Å². The van der Waals surface area contributed by atoms with Crippen molar-refractivity contribution in [3.63, 3.8) is 0 Å². The molecule has 1 fully saturated rings. The van der Waals surface area contributed by atoms with Gasteiger partial charge in [0.25, 0.3) is 5.91 Å². The van der Waals surface area contributed by atoms with Crippen LogP contribution in [0.15, 0.2) is 72.8 Å². The predicted octanol–water partition coefficient (Wildman–Crippen LogP) is 5.44. The van der Waals surface area contributed by atoms with Crippen molar-refractivity contribution in [3.05, 3.63) is 94.0 Å². The third-order valence-corrected chi connectivity index (χ3v) is 6.41. The molecule has 0 spiro atoms.